The minimum atomic E-state index is -0.768. The number of aryl methyl sites for hydroxylation is 2. The molecule has 24 heavy (non-hydrogen) atoms. The highest BCUT2D eigenvalue weighted by Gasteiger charge is 2.19. The number of aromatic amines is 1. The van der Waals surface area contributed by atoms with Gasteiger partial charge < -0.3 is 4.98 Å². The summed E-state index contributed by atoms with van der Waals surface area (Å²) in [7, 11) is 0. The zero-order valence-electron chi connectivity index (χ0n) is 12.6. The molecule has 0 unspecified atom stereocenters. The summed E-state index contributed by atoms with van der Waals surface area (Å²) in [4.78, 5) is 38.6. The lowest BCUT2D eigenvalue weighted by molar-refractivity contribution is -0.393. The maximum absolute atomic E-state index is 11.8. The number of hydrazone groups is 1. The van der Waals surface area contributed by atoms with Gasteiger partial charge in [-0.05, 0) is 19.9 Å². The van der Waals surface area contributed by atoms with Gasteiger partial charge in [0.15, 0.2) is 0 Å². The number of nitrogens with one attached hydrogen (secondary N) is 2. The highest BCUT2D eigenvalue weighted by molar-refractivity contribution is 5.81. The Morgan fingerprint density at radius 2 is 1.96 bits per heavy atom. The van der Waals surface area contributed by atoms with Gasteiger partial charge in [0, 0.05) is 6.07 Å². The van der Waals surface area contributed by atoms with Crippen LogP contribution in [0.4, 0.5) is 17.1 Å². The Hall–Kier alpha value is -3.63. The van der Waals surface area contributed by atoms with E-state index in [2.05, 4.69) is 20.5 Å². The van der Waals surface area contributed by atoms with Gasteiger partial charge in [0.05, 0.1) is 33.4 Å². The monoisotopic (exact) mass is 332 g/mol. The summed E-state index contributed by atoms with van der Waals surface area (Å²) >= 11 is 0. The lowest BCUT2D eigenvalue weighted by Crippen LogP contribution is -2.17. The number of nitrogens with zero attached hydrogens (tertiary/aromatic N) is 4. The van der Waals surface area contributed by atoms with Crippen molar-refractivity contribution >= 4 is 23.3 Å². The average Bonchev–Trinajstić information content (AvgIpc) is 2.49. The van der Waals surface area contributed by atoms with Crippen molar-refractivity contribution < 1.29 is 9.85 Å². The van der Waals surface area contributed by atoms with E-state index < -0.39 is 26.8 Å². The molecule has 1 heterocycles. The normalized spacial score (nSPS) is 10.8. The number of aromatic nitrogens is 2. The third-order valence-electron chi connectivity index (χ3n) is 3.03. The van der Waals surface area contributed by atoms with Crippen LogP contribution in [0.15, 0.2) is 28.1 Å². The fraction of sp³-hybridized carbons (Fsp3) is 0.154. The zero-order chi connectivity index (χ0) is 17.9. The number of nitro benzene ring substituents is 2. The molecule has 0 radical (unpaired) electrons. The highest BCUT2D eigenvalue weighted by Crippen LogP contribution is 2.28. The Labute approximate surface area is 134 Å². The van der Waals surface area contributed by atoms with Gasteiger partial charge in [-0.15, -0.1) is 0 Å². The molecule has 0 bridgehead atoms. The molecule has 0 aliphatic rings. The molecule has 0 atom stereocenters. The molecule has 124 valence electrons. The van der Waals surface area contributed by atoms with E-state index in [1.54, 1.807) is 13.8 Å². The van der Waals surface area contributed by atoms with Gasteiger partial charge >= 0.3 is 5.69 Å². The van der Waals surface area contributed by atoms with E-state index in [4.69, 9.17) is 0 Å². The predicted molar refractivity (Wildman–Crippen MR) is 85.3 cm³/mol. The van der Waals surface area contributed by atoms with E-state index in [0.717, 1.165) is 18.2 Å². The van der Waals surface area contributed by atoms with Crippen LogP contribution in [0.3, 0.4) is 0 Å². The third kappa shape index (κ3) is 3.58. The Balaban J connectivity index is 2.31. The maximum Gasteiger partial charge on any atom is 0.301 e. The topological polar surface area (TPSA) is 156 Å². The Morgan fingerprint density at radius 1 is 1.25 bits per heavy atom. The molecule has 1 aromatic carbocycles. The van der Waals surface area contributed by atoms with E-state index in [1.807, 2.05) is 0 Å². The van der Waals surface area contributed by atoms with Crippen LogP contribution >= 0.6 is 0 Å². The zero-order valence-corrected chi connectivity index (χ0v) is 12.6. The molecule has 0 aliphatic heterocycles. The minimum absolute atomic E-state index is 0.0454. The Bertz CT molecular complexity index is 904. The average molecular weight is 332 g/mol. The number of nitro groups is 2. The van der Waals surface area contributed by atoms with Crippen molar-refractivity contribution in [3.8, 4) is 0 Å². The molecule has 2 rings (SSSR count). The first-order chi connectivity index (χ1) is 11.3. The summed E-state index contributed by atoms with van der Waals surface area (Å²) in [6.45, 7) is 3.26. The lowest BCUT2D eigenvalue weighted by Gasteiger charge is -2.03. The SMILES string of the molecule is Cc1nc(C)c(/C=N\Nc2ccc([N+](=O)[O-])cc2[N+](=O)[O-])c(=O)[nH]1. The molecular weight excluding hydrogens is 320 g/mol. The van der Waals surface area contributed by atoms with E-state index in [1.165, 1.54) is 6.21 Å². The fourth-order valence-electron chi connectivity index (χ4n) is 1.93. The van der Waals surface area contributed by atoms with Crippen LogP contribution in [-0.2, 0) is 0 Å². The number of hydrogen-bond acceptors (Lipinski definition) is 8. The molecule has 11 nitrogen and oxygen atoms in total. The summed E-state index contributed by atoms with van der Waals surface area (Å²) in [6, 6.07) is 3.10. The van der Waals surface area contributed by atoms with Crippen LogP contribution in [0.2, 0.25) is 0 Å². The molecule has 11 heteroatoms. The molecule has 0 saturated carbocycles. The molecule has 0 saturated heterocycles. The molecule has 2 aromatic rings. The number of benzene rings is 1. The summed E-state index contributed by atoms with van der Waals surface area (Å²) in [6.07, 6.45) is 1.17. The van der Waals surface area contributed by atoms with Gasteiger partial charge in [0.1, 0.15) is 11.5 Å². The first kappa shape index (κ1) is 16.7. The number of H-pyrrole nitrogens is 1. The van der Waals surface area contributed by atoms with Crippen LogP contribution in [0, 0.1) is 34.1 Å². The summed E-state index contributed by atoms with van der Waals surface area (Å²) in [5.41, 5.74) is 1.68. The van der Waals surface area contributed by atoms with Crippen molar-refractivity contribution in [1.82, 2.24) is 9.97 Å². The molecule has 0 amide bonds. The first-order valence-electron chi connectivity index (χ1n) is 6.59. The molecule has 0 aliphatic carbocycles. The second kappa shape index (κ2) is 6.64. The van der Waals surface area contributed by atoms with Crippen molar-refractivity contribution in [2.75, 3.05) is 5.43 Å². The molecule has 0 spiro atoms. The molecule has 2 N–H and O–H groups in total. The van der Waals surface area contributed by atoms with E-state index in [-0.39, 0.29) is 11.3 Å². The van der Waals surface area contributed by atoms with Gasteiger partial charge in [0.2, 0.25) is 0 Å². The van der Waals surface area contributed by atoms with Crippen molar-refractivity contribution in [1.29, 1.82) is 0 Å². The van der Waals surface area contributed by atoms with Crippen molar-refractivity contribution in [2.45, 2.75) is 13.8 Å². The van der Waals surface area contributed by atoms with Crippen LogP contribution in [0.1, 0.15) is 17.1 Å². The van der Waals surface area contributed by atoms with Crippen molar-refractivity contribution in [3.05, 3.63) is 65.9 Å². The highest BCUT2D eigenvalue weighted by atomic mass is 16.6. The maximum atomic E-state index is 11.8. The van der Waals surface area contributed by atoms with Crippen molar-refractivity contribution in [2.24, 2.45) is 5.10 Å². The summed E-state index contributed by atoms with van der Waals surface area (Å²) in [5.74, 6) is 0.452. The minimum Gasteiger partial charge on any atom is -0.310 e. The Kier molecular flexibility index (Phi) is 4.63. The Morgan fingerprint density at radius 3 is 2.54 bits per heavy atom. The van der Waals surface area contributed by atoms with E-state index in [0.29, 0.717) is 11.5 Å². The standard InChI is InChI=1S/C13H12N6O5/c1-7-10(13(20)16-8(2)15-7)6-14-17-11-4-3-9(18(21)22)5-12(11)19(23)24/h3-6,17H,1-2H3,(H,15,16,20)/b14-6-. The van der Waals surface area contributed by atoms with Gasteiger partial charge in [-0.25, -0.2) is 4.98 Å². The van der Waals surface area contributed by atoms with Gasteiger partial charge in [-0.3, -0.25) is 30.4 Å². The fourth-order valence-corrected chi connectivity index (χ4v) is 1.93. The second-order valence-corrected chi connectivity index (χ2v) is 4.74. The first-order valence-corrected chi connectivity index (χ1v) is 6.59. The largest absolute Gasteiger partial charge is 0.310 e. The number of non-ortho nitro benzene ring substituents is 1. The van der Waals surface area contributed by atoms with Gasteiger partial charge in [-0.2, -0.15) is 5.10 Å². The molecular formula is C13H12N6O5. The van der Waals surface area contributed by atoms with Crippen LogP contribution in [0.25, 0.3) is 0 Å². The smallest absolute Gasteiger partial charge is 0.301 e. The number of anilines is 1. The van der Waals surface area contributed by atoms with E-state index in [9.17, 15) is 25.0 Å². The van der Waals surface area contributed by atoms with Gasteiger partial charge in [-0.1, -0.05) is 0 Å². The summed E-state index contributed by atoms with van der Waals surface area (Å²) < 4.78 is 0. The van der Waals surface area contributed by atoms with Crippen LogP contribution < -0.4 is 11.0 Å². The second-order valence-electron chi connectivity index (χ2n) is 4.74. The predicted octanol–water partition coefficient (Wildman–Crippen LogP) is 1.65. The summed E-state index contributed by atoms with van der Waals surface area (Å²) in [5, 5.41) is 25.4. The molecule has 1 aromatic heterocycles. The quantitative estimate of drug-likeness (QED) is 0.478. The lowest BCUT2D eigenvalue weighted by atomic mass is 10.2. The number of hydrogen-bond donors (Lipinski definition) is 2. The van der Waals surface area contributed by atoms with Gasteiger partial charge in [0.25, 0.3) is 11.2 Å². The van der Waals surface area contributed by atoms with Crippen LogP contribution in [0.5, 0.6) is 0 Å². The number of rotatable bonds is 5. The molecule has 0 fully saturated rings. The van der Waals surface area contributed by atoms with Crippen LogP contribution in [-0.4, -0.2) is 26.0 Å². The van der Waals surface area contributed by atoms with Crippen molar-refractivity contribution in [3.63, 3.8) is 0 Å². The van der Waals surface area contributed by atoms with E-state index >= 15 is 0 Å². The third-order valence-corrected chi connectivity index (χ3v) is 3.03.